The number of carbonyl (C=O) groups is 1. The van der Waals surface area contributed by atoms with Gasteiger partial charge in [-0.2, -0.15) is 4.98 Å². The molecule has 6 aromatic rings. The number of halogens is 2. The first kappa shape index (κ1) is 29.6. The fourth-order valence-corrected chi connectivity index (χ4v) is 5.93. The number of aromatic nitrogens is 7. The van der Waals surface area contributed by atoms with E-state index in [0.717, 1.165) is 42.2 Å². The van der Waals surface area contributed by atoms with Crippen molar-refractivity contribution in [1.82, 2.24) is 38.5 Å². The zero-order valence-corrected chi connectivity index (χ0v) is 26.0. The van der Waals surface area contributed by atoms with E-state index in [0.29, 0.717) is 35.1 Å². The van der Waals surface area contributed by atoms with Gasteiger partial charge in [0, 0.05) is 61.1 Å². The van der Waals surface area contributed by atoms with Crippen LogP contribution in [0.4, 0.5) is 4.39 Å². The maximum Gasteiger partial charge on any atom is 0.337 e. The first-order valence-electron chi connectivity index (χ1n) is 14.8. The number of ether oxygens (including phenoxy) is 2. The lowest BCUT2D eigenvalue weighted by atomic mass is 10.2. The topological polar surface area (TPSA) is 105 Å². The number of fused-ring (bicyclic) bond motifs is 2. The number of aryl methyl sites for hydroxylation is 1. The monoisotopic (exact) mass is 640 g/mol. The first-order chi connectivity index (χ1) is 22.4. The van der Waals surface area contributed by atoms with Crippen LogP contribution in [0.5, 0.6) is 6.01 Å². The number of carbonyl (C=O) groups excluding carboxylic acids is 1. The van der Waals surface area contributed by atoms with Crippen molar-refractivity contribution >= 4 is 28.6 Å². The smallest absolute Gasteiger partial charge is 0.337 e. The quantitative estimate of drug-likeness (QED) is 0.179. The van der Waals surface area contributed by atoms with E-state index < -0.39 is 5.82 Å². The van der Waals surface area contributed by atoms with Gasteiger partial charge in [0.1, 0.15) is 24.1 Å². The van der Waals surface area contributed by atoms with Gasteiger partial charge in [0.05, 0.1) is 48.8 Å². The Morgan fingerprint density at radius 1 is 1.04 bits per heavy atom. The van der Waals surface area contributed by atoms with Crippen LogP contribution in [-0.2, 0) is 44.1 Å². The third kappa shape index (κ3) is 5.84. The van der Waals surface area contributed by atoms with Gasteiger partial charge in [-0.25, -0.2) is 24.1 Å². The molecule has 234 valence electrons. The predicted molar refractivity (Wildman–Crippen MR) is 168 cm³/mol. The van der Waals surface area contributed by atoms with Gasteiger partial charge in [-0.3, -0.25) is 4.90 Å². The minimum absolute atomic E-state index is 0.0147. The lowest BCUT2D eigenvalue weighted by molar-refractivity contribution is 0.0601. The highest BCUT2D eigenvalue weighted by Crippen LogP contribution is 2.29. The Morgan fingerprint density at radius 3 is 2.63 bits per heavy atom. The third-order valence-electron chi connectivity index (χ3n) is 8.12. The molecule has 0 amide bonds. The maximum atomic E-state index is 14.2. The molecule has 46 heavy (non-hydrogen) atoms. The SMILES string of the molecule is CCn1cncc1Cn1c(CN2Cc3cn(-c4ccnc(OCc5ccc(Cl)cc5F)n4)cc3C2)nc2ccc(C(=O)OC)cc21. The molecule has 0 saturated heterocycles. The fourth-order valence-electron chi connectivity index (χ4n) is 5.77. The van der Waals surface area contributed by atoms with Crippen LogP contribution in [0.3, 0.4) is 0 Å². The summed E-state index contributed by atoms with van der Waals surface area (Å²) in [5.74, 6) is 0.722. The summed E-state index contributed by atoms with van der Waals surface area (Å²) in [6.45, 7) is 5.52. The number of hydrogen-bond acceptors (Lipinski definition) is 8. The molecule has 2 aromatic carbocycles. The van der Waals surface area contributed by atoms with Crippen molar-refractivity contribution in [2.45, 2.75) is 46.3 Å². The summed E-state index contributed by atoms with van der Waals surface area (Å²) in [6, 6.07) is 11.9. The highest BCUT2D eigenvalue weighted by atomic mass is 35.5. The van der Waals surface area contributed by atoms with E-state index in [4.69, 9.17) is 26.1 Å². The molecule has 11 nitrogen and oxygen atoms in total. The van der Waals surface area contributed by atoms with Gasteiger partial charge in [0.25, 0.3) is 0 Å². The van der Waals surface area contributed by atoms with Gasteiger partial charge >= 0.3 is 12.0 Å². The van der Waals surface area contributed by atoms with Gasteiger partial charge in [-0.05, 0) is 48.4 Å². The molecule has 0 aliphatic carbocycles. The summed E-state index contributed by atoms with van der Waals surface area (Å²) in [5.41, 5.74) is 5.95. The summed E-state index contributed by atoms with van der Waals surface area (Å²) in [5, 5.41) is 0.326. The lowest BCUT2D eigenvalue weighted by Crippen LogP contribution is -2.20. The molecule has 0 fully saturated rings. The van der Waals surface area contributed by atoms with Crippen LogP contribution < -0.4 is 4.74 Å². The number of rotatable bonds is 10. The van der Waals surface area contributed by atoms with Gasteiger partial charge in [0.2, 0.25) is 0 Å². The zero-order chi connectivity index (χ0) is 31.8. The molecule has 0 N–H and O–H groups in total. The fraction of sp³-hybridized carbons (Fsp3) is 0.242. The Labute approximate surface area is 268 Å². The third-order valence-corrected chi connectivity index (χ3v) is 8.35. The average Bonchev–Trinajstić information content (AvgIpc) is 3.84. The Kier molecular flexibility index (Phi) is 7.97. The normalized spacial score (nSPS) is 13.0. The van der Waals surface area contributed by atoms with E-state index in [1.165, 1.54) is 24.3 Å². The van der Waals surface area contributed by atoms with Gasteiger partial charge in [0.15, 0.2) is 0 Å². The number of imidazole rings is 2. The molecule has 7 rings (SSSR count). The minimum Gasteiger partial charge on any atom is -0.465 e. The van der Waals surface area contributed by atoms with E-state index in [9.17, 15) is 9.18 Å². The molecule has 0 radical (unpaired) electrons. The van der Waals surface area contributed by atoms with Crippen LogP contribution in [0.25, 0.3) is 16.9 Å². The number of benzene rings is 2. The Balaban J connectivity index is 1.09. The number of hydrogen-bond donors (Lipinski definition) is 0. The first-order valence-corrected chi connectivity index (χ1v) is 15.1. The summed E-state index contributed by atoms with van der Waals surface area (Å²) in [7, 11) is 1.38. The van der Waals surface area contributed by atoms with Crippen molar-refractivity contribution in [3.63, 3.8) is 0 Å². The largest absolute Gasteiger partial charge is 0.465 e. The molecular weight excluding hydrogens is 611 g/mol. The van der Waals surface area contributed by atoms with Crippen molar-refractivity contribution in [1.29, 1.82) is 0 Å². The van der Waals surface area contributed by atoms with Gasteiger partial charge in [-0.15, -0.1) is 0 Å². The standard InChI is InChI=1S/C33H30ClFN8O3/c1-3-41-20-36-12-26(41)17-43-29-10-21(32(44)45-2)5-7-28(29)38-31(43)18-40-13-23-15-42(16-24(23)14-40)30-8-9-37-33(39-30)46-19-22-4-6-25(34)11-27(22)35/h4-12,15-16,20H,3,13-14,17-19H2,1-2H3. The van der Waals surface area contributed by atoms with Crippen molar-refractivity contribution in [3.8, 4) is 11.8 Å². The Hall–Kier alpha value is -5.07. The molecule has 4 aromatic heterocycles. The van der Waals surface area contributed by atoms with Crippen LogP contribution in [0.1, 0.15) is 45.5 Å². The minimum atomic E-state index is -0.441. The van der Waals surface area contributed by atoms with Crippen molar-refractivity contribution in [3.05, 3.63) is 118 Å². The van der Waals surface area contributed by atoms with Crippen LogP contribution in [0, 0.1) is 5.82 Å². The zero-order valence-electron chi connectivity index (χ0n) is 25.2. The molecule has 0 bridgehead atoms. The molecule has 1 aliphatic rings. The van der Waals surface area contributed by atoms with E-state index in [2.05, 4.69) is 48.3 Å². The Morgan fingerprint density at radius 2 is 1.87 bits per heavy atom. The van der Waals surface area contributed by atoms with Crippen LogP contribution in [0.15, 0.2) is 73.6 Å². The molecule has 5 heterocycles. The van der Waals surface area contributed by atoms with Crippen LogP contribution in [-0.4, -0.2) is 51.6 Å². The summed E-state index contributed by atoms with van der Waals surface area (Å²) in [4.78, 5) is 32.7. The van der Waals surface area contributed by atoms with Crippen molar-refractivity contribution in [2.75, 3.05) is 7.11 Å². The van der Waals surface area contributed by atoms with E-state index >= 15 is 0 Å². The highest BCUT2D eigenvalue weighted by Gasteiger charge is 2.25. The van der Waals surface area contributed by atoms with E-state index in [1.54, 1.807) is 30.5 Å². The molecule has 13 heteroatoms. The number of methoxy groups -OCH3 is 1. The van der Waals surface area contributed by atoms with Crippen LogP contribution >= 0.6 is 11.6 Å². The summed E-state index contributed by atoms with van der Waals surface area (Å²) >= 11 is 5.85. The number of esters is 1. The van der Waals surface area contributed by atoms with Gasteiger partial charge < -0.3 is 23.2 Å². The summed E-state index contributed by atoms with van der Waals surface area (Å²) in [6.07, 6.45) is 9.44. The molecule has 1 aliphatic heterocycles. The van der Waals surface area contributed by atoms with Crippen molar-refractivity contribution < 1.29 is 18.7 Å². The highest BCUT2D eigenvalue weighted by molar-refractivity contribution is 6.30. The maximum absolute atomic E-state index is 14.2. The second-order valence-corrected chi connectivity index (χ2v) is 11.5. The molecular formula is C33H30ClFN8O3. The van der Waals surface area contributed by atoms with Gasteiger partial charge in [-0.1, -0.05) is 17.7 Å². The molecule has 0 unspecified atom stereocenters. The lowest BCUT2D eigenvalue weighted by Gasteiger charge is -2.17. The van der Waals surface area contributed by atoms with E-state index in [-0.39, 0.29) is 18.6 Å². The van der Waals surface area contributed by atoms with Crippen molar-refractivity contribution in [2.24, 2.45) is 0 Å². The molecule has 0 atom stereocenters. The predicted octanol–water partition coefficient (Wildman–Crippen LogP) is 5.56. The molecule has 0 spiro atoms. The van der Waals surface area contributed by atoms with Crippen LogP contribution in [0.2, 0.25) is 5.02 Å². The Bertz CT molecular complexity index is 2050. The molecule has 0 saturated carbocycles. The second-order valence-electron chi connectivity index (χ2n) is 11.1. The average molecular weight is 641 g/mol. The number of nitrogens with zero attached hydrogens (tertiary/aromatic N) is 8. The second kappa shape index (κ2) is 12.4. The van der Waals surface area contributed by atoms with E-state index in [1.807, 2.05) is 29.2 Å². The summed E-state index contributed by atoms with van der Waals surface area (Å²) < 4.78 is 31.0.